The quantitative estimate of drug-likeness (QED) is 0.302. The molecule has 2 bridgehead atoms. The third kappa shape index (κ3) is 1.92. The minimum atomic E-state index is -0.281. The number of allylic oxidation sites excluding steroid dienone is 1. The zero-order valence-corrected chi connectivity index (χ0v) is 9.26. The molecule has 2 aliphatic rings. The van der Waals surface area contributed by atoms with Crippen LogP contribution >= 0.6 is 0 Å². The summed E-state index contributed by atoms with van der Waals surface area (Å²) in [5.74, 6) is 1.06. The van der Waals surface area contributed by atoms with Crippen LogP contribution in [-0.2, 0) is 0 Å². The molecule has 3 heteroatoms. The average Bonchev–Trinajstić information content (AvgIpc) is 2.77. The predicted octanol–water partition coefficient (Wildman–Crippen LogP) is 3.03. The molecule has 0 spiro atoms. The van der Waals surface area contributed by atoms with Crippen LogP contribution in [0, 0.1) is 27.9 Å². The molecule has 0 aromatic rings. The second-order valence-corrected chi connectivity index (χ2v) is 4.88. The van der Waals surface area contributed by atoms with Crippen molar-refractivity contribution in [3.05, 3.63) is 22.3 Å². The van der Waals surface area contributed by atoms with Gasteiger partial charge in [0.1, 0.15) is 0 Å². The monoisotopic (exact) mass is 209 g/mol. The molecule has 0 amide bonds. The van der Waals surface area contributed by atoms with E-state index in [1.165, 1.54) is 12.8 Å². The fourth-order valence-corrected chi connectivity index (χ4v) is 3.23. The molecule has 2 rings (SSSR count). The predicted molar refractivity (Wildman–Crippen MR) is 59.2 cm³/mol. The highest BCUT2D eigenvalue weighted by Crippen LogP contribution is 2.46. The molecular weight excluding hydrogens is 190 g/mol. The van der Waals surface area contributed by atoms with Crippen molar-refractivity contribution < 1.29 is 4.92 Å². The van der Waals surface area contributed by atoms with Crippen molar-refractivity contribution in [3.63, 3.8) is 0 Å². The van der Waals surface area contributed by atoms with Crippen molar-refractivity contribution in [3.8, 4) is 0 Å². The Balaban J connectivity index is 1.96. The van der Waals surface area contributed by atoms with E-state index in [4.69, 9.17) is 0 Å². The smallest absolute Gasteiger partial charge is 0.222 e. The van der Waals surface area contributed by atoms with Gasteiger partial charge in [-0.3, -0.25) is 10.1 Å². The second-order valence-electron chi connectivity index (χ2n) is 4.88. The lowest BCUT2D eigenvalue weighted by Crippen LogP contribution is -2.32. The zero-order valence-electron chi connectivity index (χ0n) is 9.26. The van der Waals surface area contributed by atoms with Crippen molar-refractivity contribution in [2.45, 2.75) is 45.1 Å². The van der Waals surface area contributed by atoms with Crippen LogP contribution in [-0.4, -0.2) is 11.0 Å². The molecule has 0 saturated heterocycles. The fraction of sp³-hybridized carbons (Fsp3) is 0.833. The first-order valence-corrected chi connectivity index (χ1v) is 6.06. The average molecular weight is 209 g/mol. The Hall–Kier alpha value is -0.860. The van der Waals surface area contributed by atoms with E-state index in [0.29, 0.717) is 11.8 Å². The van der Waals surface area contributed by atoms with E-state index < -0.39 is 0 Å². The van der Waals surface area contributed by atoms with Crippen LogP contribution < -0.4 is 0 Å². The van der Waals surface area contributed by atoms with E-state index in [1.54, 1.807) is 0 Å². The van der Waals surface area contributed by atoms with Crippen LogP contribution in [0.25, 0.3) is 0 Å². The van der Waals surface area contributed by atoms with Crippen molar-refractivity contribution in [2.75, 3.05) is 0 Å². The van der Waals surface area contributed by atoms with Gasteiger partial charge in [0.2, 0.25) is 6.04 Å². The molecule has 84 valence electrons. The Morgan fingerprint density at radius 3 is 2.73 bits per heavy atom. The van der Waals surface area contributed by atoms with E-state index in [1.807, 2.05) is 0 Å². The third-order valence-electron chi connectivity index (χ3n) is 3.96. The van der Waals surface area contributed by atoms with E-state index in [2.05, 4.69) is 19.1 Å². The molecule has 0 N–H and O–H groups in total. The fourth-order valence-electron chi connectivity index (χ4n) is 3.23. The Labute approximate surface area is 90.7 Å². The first-order valence-electron chi connectivity index (χ1n) is 6.06. The topological polar surface area (TPSA) is 43.1 Å². The number of hydrogen-bond acceptors (Lipinski definition) is 2. The molecule has 0 heterocycles. The molecule has 0 aromatic carbocycles. The summed E-state index contributed by atoms with van der Waals surface area (Å²) in [5.41, 5.74) is 0. The van der Waals surface area contributed by atoms with Crippen LogP contribution in [0.2, 0.25) is 0 Å². The molecule has 3 nitrogen and oxygen atoms in total. The number of fused-ring (bicyclic) bond motifs is 2. The Morgan fingerprint density at radius 1 is 1.33 bits per heavy atom. The SMILES string of the molecule is CCCCCC1C2C=CC(C2)C1[N+](=O)[O-]. The van der Waals surface area contributed by atoms with Gasteiger partial charge in [-0.05, 0) is 18.8 Å². The van der Waals surface area contributed by atoms with Gasteiger partial charge in [-0.25, -0.2) is 0 Å². The van der Waals surface area contributed by atoms with E-state index >= 15 is 0 Å². The van der Waals surface area contributed by atoms with Gasteiger partial charge in [0.15, 0.2) is 0 Å². The van der Waals surface area contributed by atoms with E-state index in [9.17, 15) is 10.1 Å². The summed E-state index contributed by atoms with van der Waals surface area (Å²) < 4.78 is 0. The minimum absolute atomic E-state index is 0.0369. The van der Waals surface area contributed by atoms with Gasteiger partial charge in [-0.2, -0.15) is 0 Å². The largest absolute Gasteiger partial charge is 0.264 e. The summed E-state index contributed by atoms with van der Waals surface area (Å²) in [4.78, 5) is 11.0. The van der Waals surface area contributed by atoms with Crippen LogP contribution in [0.3, 0.4) is 0 Å². The first kappa shape index (κ1) is 10.7. The Bertz CT molecular complexity index is 275. The maximum atomic E-state index is 11.0. The normalized spacial score (nSPS) is 37.4. The number of hydrogen-bond donors (Lipinski definition) is 0. The van der Waals surface area contributed by atoms with Gasteiger partial charge in [0, 0.05) is 16.8 Å². The van der Waals surface area contributed by atoms with Crippen molar-refractivity contribution in [2.24, 2.45) is 17.8 Å². The molecule has 4 unspecified atom stereocenters. The molecular formula is C12H19NO2. The van der Waals surface area contributed by atoms with Crippen LogP contribution in [0.1, 0.15) is 39.0 Å². The van der Waals surface area contributed by atoms with E-state index in [0.717, 1.165) is 19.3 Å². The first-order chi connectivity index (χ1) is 7.24. The van der Waals surface area contributed by atoms with Gasteiger partial charge >= 0.3 is 0 Å². The van der Waals surface area contributed by atoms with Crippen LogP contribution in [0.15, 0.2) is 12.2 Å². The molecule has 0 aliphatic heterocycles. The van der Waals surface area contributed by atoms with E-state index in [-0.39, 0.29) is 16.9 Å². The highest BCUT2D eigenvalue weighted by atomic mass is 16.6. The molecule has 2 aliphatic carbocycles. The molecule has 1 fully saturated rings. The van der Waals surface area contributed by atoms with Gasteiger partial charge in [0.05, 0.1) is 0 Å². The highest BCUT2D eigenvalue weighted by molar-refractivity contribution is 5.14. The number of nitrogens with zero attached hydrogens (tertiary/aromatic N) is 1. The lowest BCUT2D eigenvalue weighted by atomic mass is 9.85. The maximum absolute atomic E-state index is 11.0. The Morgan fingerprint density at radius 2 is 2.07 bits per heavy atom. The van der Waals surface area contributed by atoms with Crippen molar-refractivity contribution in [1.82, 2.24) is 0 Å². The van der Waals surface area contributed by atoms with Gasteiger partial charge in [-0.15, -0.1) is 0 Å². The number of nitro groups is 1. The van der Waals surface area contributed by atoms with Crippen molar-refractivity contribution >= 4 is 0 Å². The van der Waals surface area contributed by atoms with Gasteiger partial charge in [0.25, 0.3) is 0 Å². The maximum Gasteiger partial charge on any atom is 0.222 e. The molecule has 0 radical (unpaired) electrons. The molecule has 0 aromatic heterocycles. The zero-order chi connectivity index (χ0) is 10.8. The lowest BCUT2D eigenvalue weighted by Gasteiger charge is -2.21. The summed E-state index contributed by atoms with van der Waals surface area (Å²) in [5, 5.41) is 11.0. The summed E-state index contributed by atoms with van der Waals surface area (Å²) in [6, 6.07) is -0.281. The molecule has 4 atom stereocenters. The van der Waals surface area contributed by atoms with Gasteiger partial charge in [-0.1, -0.05) is 38.3 Å². The molecule has 15 heavy (non-hydrogen) atoms. The lowest BCUT2D eigenvalue weighted by molar-refractivity contribution is -0.535. The Kier molecular flexibility index (Phi) is 3.08. The summed E-state index contributed by atoms with van der Waals surface area (Å²) in [6.45, 7) is 2.17. The standard InChI is InChI=1S/C12H19NO2/c1-2-3-4-5-11-9-6-7-10(8-9)12(11)13(14)15/h6-7,9-12H,2-5,8H2,1H3. The number of rotatable bonds is 5. The number of unbranched alkanes of at least 4 members (excludes halogenated alkanes) is 2. The van der Waals surface area contributed by atoms with Gasteiger partial charge < -0.3 is 0 Å². The third-order valence-corrected chi connectivity index (χ3v) is 3.96. The van der Waals surface area contributed by atoms with Crippen molar-refractivity contribution in [1.29, 1.82) is 0 Å². The summed E-state index contributed by atoms with van der Waals surface area (Å²) in [7, 11) is 0. The van der Waals surface area contributed by atoms with Crippen LogP contribution in [0.5, 0.6) is 0 Å². The second kappa shape index (κ2) is 4.33. The molecule has 1 saturated carbocycles. The van der Waals surface area contributed by atoms with Crippen LogP contribution in [0.4, 0.5) is 0 Å². The summed E-state index contributed by atoms with van der Waals surface area (Å²) >= 11 is 0. The summed E-state index contributed by atoms with van der Waals surface area (Å²) in [6.07, 6.45) is 9.91. The highest BCUT2D eigenvalue weighted by Gasteiger charge is 2.51. The minimum Gasteiger partial charge on any atom is -0.264 e.